The fraction of sp³-hybridized carbons (Fsp3) is 0.222. The second kappa shape index (κ2) is 8.43. The molecule has 1 fully saturated rings. The van der Waals surface area contributed by atoms with Crippen LogP contribution in [0.3, 0.4) is 0 Å². The van der Waals surface area contributed by atoms with Crippen LogP contribution >= 0.6 is 11.6 Å². The molecule has 2 N–H and O–H groups in total. The first-order chi connectivity index (χ1) is 17.0. The molecule has 4 aromatic rings. The van der Waals surface area contributed by atoms with E-state index in [0.717, 1.165) is 27.8 Å². The van der Waals surface area contributed by atoms with E-state index in [9.17, 15) is 14.7 Å². The number of carbonyl (C=O) groups excluding carboxylic acids is 1. The average molecular weight is 488 g/mol. The first-order valence-electron chi connectivity index (χ1n) is 11.5. The quantitative estimate of drug-likeness (QED) is 0.382. The van der Waals surface area contributed by atoms with E-state index in [0.29, 0.717) is 28.9 Å². The van der Waals surface area contributed by atoms with Gasteiger partial charge in [0.25, 0.3) is 0 Å². The number of aromatic amines is 1. The van der Waals surface area contributed by atoms with Crippen LogP contribution in [0.4, 0.5) is 4.79 Å². The van der Waals surface area contributed by atoms with Crippen molar-refractivity contribution in [3.8, 4) is 11.1 Å². The lowest BCUT2D eigenvalue weighted by atomic mass is 9.98. The maximum Gasteiger partial charge on any atom is 0.411 e. The predicted octanol–water partition coefficient (Wildman–Crippen LogP) is 5.76. The van der Waals surface area contributed by atoms with Crippen LogP contribution in [-0.2, 0) is 9.53 Å². The number of pyridine rings is 1. The van der Waals surface area contributed by atoms with Crippen molar-refractivity contribution in [3.63, 3.8) is 0 Å². The highest BCUT2D eigenvalue weighted by Gasteiger charge is 2.44. The van der Waals surface area contributed by atoms with Gasteiger partial charge in [0.15, 0.2) is 0 Å². The number of carboxylic acids is 1. The lowest BCUT2D eigenvalue weighted by Gasteiger charge is -2.29. The Balaban J connectivity index is 1.31. The molecule has 2 aliphatic rings. The molecule has 0 saturated carbocycles. The van der Waals surface area contributed by atoms with E-state index in [1.807, 2.05) is 36.4 Å². The Hall–Kier alpha value is -3.84. The molecule has 8 heteroatoms. The zero-order chi connectivity index (χ0) is 24.1. The van der Waals surface area contributed by atoms with Crippen molar-refractivity contribution in [3.05, 3.63) is 88.7 Å². The normalized spacial score (nSPS) is 19.1. The minimum atomic E-state index is -1.05. The third kappa shape index (κ3) is 3.46. The summed E-state index contributed by atoms with van der Waals surface area (Å²) in [6.07, 6.45) is 3.45. The molecule has 0 spiro atoms. The number of hydrogen-bond donors (Lipinski definition) is 2. The average Bonchev–Trinajstić information content (AvgIpc) is 3.57. The molecule has 2 aromatic heterocycles. The molecule has 0 bridgehead atoms. The number of benzene rings is 2. The van der Waals surface area contributed by atoms with Gasteiger partial charge in [-0.1, -0.05) is 60.1 Å². The summed E-state index contributed by atoms with van der Waals surface area (Å²) in [5.74, 6) is -1.16. The number of H-pyrrole nitrogens is 1. The SMILES string of the molecule is O=C(O)C1CCC(c2ccnc3[nH]cc(Cl)c23)N1C(=O)OCC1c2ccccc2-c2ccccc21. The van der Waals surface area contributed by atoms with Crippen molar-refractivity contribution < 1.29 is 19.4 Å². The fourth-order valence-corrected chi connectivity index (χ4v) is 5.85. The van der Waals surface area contributed by atoms with Gasteiger partial charge in [-0.25, -0.2) is 14.6 Å². The zero-order valence-electron chi connectivity index (χ0n) is 18.6. The first-order valence-corrected chi connectivity index (χ1v) is 11.9. The predicted molar refractivity (Wildman–Crippen MR) is 131 cm³/mol. The third-order valence-corrected chi connectivity index (χ3v) is 7.43. The molecular formula is C27H22ClN3O4. The molecule has 1 amide bonds. The van der Waals surface area contributed by atoms with Crippen molar-refractivity contribution in [2.24, 2.45) is 0 Å². The monoisotopic (exact) mass is 487 g/mol. The Morgan fingerprint density at radius 3 is 2.40 bits per heavy atom. The Labute approximate surface area is 206 Å². The fourth-order valence-electron chi connectivity index (χ4n) is 5.60. The van der Waals surface area contributed by atoms with Gasteiger partial charge in [-0.3, -0.25) is 4.90 Å². The Morgan fingerprint density at radius 1 is 1.03 bits per heavy atom. The molecule has 1 aliphatic heterocycles. The van der Waals surface area contributed by atoms with Crippen molar-refractivity contribution in [1.82, 2.24) is 14.9 Å². The number of nitrogens with zero attached hydrogens (tertiary/aromatic N) is 2. The van der Waals surface area contributed by atoms with Crippen LogP contribution in [-0.4, -0.2) is 44.7 Å². The Morgan fingerprint density at radius 2 is 1.71 bits per heavy atom. The molecule has 7 nitrogen and oxygen atoms in total. The Kier molecular flexibility index (Phi) is 5.22. The maximum absolute atomic E-state index is 13.5. The first kappa shape index (κ1) is 21.7. The van der Waals surface area contributed by atoms with Crippen molar-refractivity contribution in [2.75, 3.05) is 6.61 Å². The number of nitrogens with one attached hydrogen (secondary N) is 1. The molecule has 35 heavy (non-hydrogen) atoms. The number of likely N-dealkylation sites (tertiary alicyclic amines) is 1. The summed E-state index contributed by atoms with van der Waals surface area (Å²) in [4.78, 5) is 34.2. The second-order valence-corrected chi connectivity index (χ2v) is 9.33. The maximum atomic E-state index is 13.5. The molecule has 3 heterocycles. The van der Waals surface area contributed by atoms with Crippen LogP contribution in [0, 0.1) is 0 Å². The lowest BCUT2D eigenvalue weighted by Crippen LogP contribution is -2.42. The van der Waals surface area contributed by atoms with Crippen molar-refractivity contribution in [1.29, 1.82) is 0 Å². The number of fused-ring (bicyclic) bond motifs is 4. The highest BCUT2D eigenvalue weighted by Crippen LogP contribution is 2.45. The summed E-state index contributed by atoms with van der Waals surface area (Å²) in [6, 6.07) is 16.5. The number of carbonyl (C=O) groups is 2. The van der Waals surface area contributed by atoms with Gasteiger partial charge in [-0.2, -0.15) is 0 Å². The van der Waals surface area contributed by atoms with Gasteiger partial charge in [-0.15, -0.1) is 0 Å². The van der Waals surface area contributed by atoms with Gasteiger partial charge in [0.2, 0.25) is 0 Å². The van der Waals surface area contributed by atoms with Crippen LogP contribution < -0.4 is 0 Å². The number of hydrogen-bond acceptors (Lipinski definition) is 4. The highest BCUT2D eigenvalue weighted by molar-refractivity contribution is 6.35. The molecule has 1 saturated heterocycles. The van der Waals surface area contributed by atoms with E-state index in [2.05, 4.69) is 22.1 Å². The molecule has 6 rings (SSSR count). The topological polar surface area (TPSA) is 95.5 Å². The minimum Gasteiger partial charge on any atom is -0.480 e. The van der Waals surface area contributed by atoms with E-state index in [4.69, 9.17) is 16.3 Å². The molecule has 176 valence electrons. The Bertz CT molecular complexity index is 1420. The van der Waals surface area contributed by atoms with E-state index in [1.54, 1.807) is 18.5 Å². The van der Waals surface area contributed by atoms with Crippen LogP contribution in [0.15, 0.2) is 67.0 Å². The summed E-state index contributed by atoms with van der Waals surface area (Å²) >= 11 is 6.40. The minimum absolute atomic E-state index is 0.109. The molecule has 0 radical (unpaired) electrons. The van der Waals surface area contributed by atoms with Crippen LogP contribution in [0.1, 0.15) is 41.5 Å². The third-order valence-electron chi connectivity index (χ3n) is 7.13. The van der Waals surface area contributed by atoms with E-state index < -0.39 is 24.1 Å². The van der Waals surface area contributed by atoms with Crippen LogP contribution in [0.25, 0.3) is 22.2 Å². The number of aromatic nitrogens is 2. The number of carboxylic acid groups (broad SMARTS) is 1. The summed E-state index contributed by atoms with van der Waals surface area (Å²) < 4.78 is 5.85. The van der Waals surface area contributed by atoms with Gasteiger partial charge in [0, 0.05) is 23.7 Å². The standard InChI is InChI=1S/C27H22ClN3O4/c28-21-13-30-25-24(21)19(11-12-29-25)22-9-10-23(26(32)33)31(22)27(34)35-14-20-17-7-3-1-5-15(17)16-6-2-4-8-18(16)20/h1-8,11-13,20,22-23H,9-10,14H2,(H,29,30)(H,32,33). The summed E-state index contributed by atoms with van der Waals surface area (Å²) in [5.41, 5.74) is 5.83. The summed E-state index contributed by atoms with van der Waals surface area (Å²) in [7, 11) is 0. The smallest absolute Gasteiger partial charge is 0.411 e. The molecule has 2 aromatic carbocycles. The molecule has 2 atom stereocenters. The van der Waals surface area contributed by atoms with Gasteiger partial charge >= 0.3 is 12.1 Å². The van der Waals surface area contributed by atoms with Crippen molar-refractivity contribution >= 4 is 34.7 Å². The number of ether oxygens (including phenoxy) is 1. The molecular weight excluding hydrogens is 466 g/mol. The number of halogens is 1. The zero-order valence-corrected chi connectivity index (χ0v) is 19.4. The van der Waals surface area contributed by atoms with Crippen LogP contribution in [0.5, 0.6) is 0 Å². The molecule has 2 unspecified atom stereocenters. The van der Waals surface area contributed by atoms with E-state index >= 15 is 0 Å². The summed E-state index contributed by atoms with van der Waals surface area (Å²) in [6.45, 7) is 0.124. The van der Waals surface area contributed by atoms with Gasteiger partial charge in [0.1, 0.15) is 18.3 Å². The highest BCUT2D eigenvalue weighted by atomic mass is 35.5. The molecule has 1 aliphatic carbocycles. The largest absolute Gasteiger partial charge is 0.480 e. The number of rotatable bonds is 4. The van der Waals surface area contributed by atoms with Crippen LogP contribution in [0.2, 0.25) is 5.02 Å². The van der Waals surface area contributed by atoms with Gasteiger partial charge in [0.05, 0.1) is 11.1 Å². The second-order valence-electron chi connectivity index (χ2n) is 8.92. The van der Waals surface area contributed by atoms with Gasteiger partial charge < -0.3 is 14.8 Å². The van der Waals surface area contributed by atoms with E-state index in [1.165, 1.54) is 4.90 Å². The van der Waals surface area contributed by atoms with Gasteiger partial charge in [-0.05, 0) is 46.7 Å². The lowest BCUT2D eigenvalue weighted by molar-refractivity contribution is -0.142. The number of aliphatic carboxylic acids is 1. The number of amides is 1. The summed E-state index contributed by atoms with van der Waals surface area (Å²) in [5, 5.41) is 11.0. The van der Waals surface area contributed by atoms with Crippen molar-refractivity contribution in [2.45, 2.75) is 30.8 Å². The van der Waals surface area contributed by atoms with E-state index in [-0.39, 0.29) is 12.5 Å².